The third kappa shape index (κ3) is 6.43. The van der Waals surface area contributed by atoms with Gasteiger partial charge in [0.25, 0.3) is 0 Å². The second kappa shape index (κ2) is 10.1. The molecular formula is C22H26N4O3S2. The number of aryl methyl sites for hydroxylation is 1. The van der Waals surface area contributed by atoms with Gasteiger partial charge < -0.3 is 5.32 Å². The number of amides is 1. The third-order valence-electron chi connectivity index (χ3n) is 4.59. The first-order chi connectivity index (χ1) is 14.7. The second-order valence-corrected chi connectivity index (χ2v) is 10.4. The molecule has 0 aliphatic carbocycles. The van der Waals surface area contributed by atoms with Gasteiger partial charge in [0.1, 0.15) is 11.0 Å². The first kappa shape index (κ1) is 23.1. The molecule has 3 aromatic rings. The molecule has 0 saturated carbocycles. The van der Waals surface area contributed by atoms with Crippen molar-refractivity contribution < 1.29 is 13.2 Å². The van der Waals surface area contributed by atoms with Crippen LogP contribution in [0.25, 0.3) is 11.3 Å². The maximum Gasteiger partial charge on any atom is 0.241 e. The van der Waals surface area contributed by atoms with E-state index >= 15 is 0 Å². The molecule has 0 spiro atoms. The Morgan fingerprint density at radius 3 is 2.42 bits per heavy atom. The number of carbonyl (C=O) groups is 1. The zero-order chi connectivity index (χ0) is 22.4. The standard InChI is InChI=1S/C22H26N4O3S2/c1-15(2)12-19(26-31(28,29)18-6-4-16(3)5-7-18)22(27)24-13-21-25-20(14-30-21)17-8-10-23-11-9-17/h4-11,14-15,19,26H,12-13H2,1-3H3,(H,24,27). The van der Waals surface area contributed by atoms with Crippen molar-refractivity contribution in [3.05, 3.63) is 64.7 Å². The van der Waals surface area contributed by atoms with Gasteiger partial charge in [-0.1, -0.05) is 31.5 Å². The first-order valence-electron chi connectivity index (χ1n) is 9.96. The zero-order valence-electron chi connectivity index (χ0n) is 17.7. The minimum absolute atomic E-state index is 0.134. The van der Waals surface area contributed by atoms with Crippen molar-refractivity contribution in [2.75, 3.05) is 0 Å². The maximum atomic E-state index is 12.8. The van der Waals surface area contributed by atoms with Crippen LogP contribution in [-0.4, -0.2) is 30.3 Å². The quantitative estimate of drug-likeness (QED) is 0.511. The van der Waals surface area contributed by atoms with Gasteiger partial charge in [-0.15, -0.1) is 11.3 Å². The van der Waals surface area contributed by atoms with Gasteiger partial charge >= 0.3 is 0 Å². The number of sulfonamides is 1. The van der Waals surface area contributed by atoms with Crippen molar-refractivity contribution in [1.29, 1.82) is 0 Å². The SMILES string of the molecule is Cc1ccc(S(=O)(=O)NC(CC(C)C)C(=O)NCc2nc(-c3ccncc3)cs2)cc1. The first-order valence-corrected chi connectivity index (χ1v) is 12.3. The number of hydrogen-bond acceptors (Lipinski definition) is 6. The monoisotopic (exact) mass is 458 g/mol. The van der Waals surface area contributed by atoms with Crippen molar-refractivity contribution in [3.8, 4) is 11.3 Å². The number of hydrogen-bond donors (Lipinski definition) is 2. The van der Waals surface area contributed by atoms with E-state index in [0.29, 0.717) is 6.42 Å². The van der Waals surface area contributed by atoms with Crippen LogP contribution in [0.2, 0.25) is 0 Å². The molecule has 31 heavy (non-hydrogen) atoms. The van der Waals surface area contributed by atoms with Gasteiger partial charge in [-0.3, -0.25) is 9.78 Å². The second-order valence-electron chi connectivity index (χ2n) is 7.70. The molecule has 0 bridgehead atoms. The van der Waals surface area contributed by atoms with E-state index in [1.165, 1.54) is 23.5 Å². The van der Waals surface area contributed by atoms with Crippen LogP contribution in [0, 0.1) is 12.8 Å². The Morgan fingerprint density at radius 1 is 1.10 bits per heavy atom. The molecule has 0 aliphatic heterocycles. The highest BCUT2D eigenvalue weighted by Gasteiger charge is 2.26. The fraction of sp³-hybridized carbons (Fsp3) is 0.318. The van der Waals surface area contributed by atoms with Crippen LogP contribution in [0.4, 0.5) is 0 Å². The minimum Gasteiger partial charge on any atom is -0.348 e. The summed E-state index contributed by atoms with van der Waals surface area (Å²) in [5.74, 6) is -0.236. The van der Waals surface area contributed by atoms with Crippen LogP contribution in [0.1, 0.15) is 30.8 Å². The molecule has 3 rings (SSSR count). The van der Waals surface area contributed by atoms with Crippen molar-refractivity contribution in [3.63, 3.8) is 0 Å². The number of aromatic nitrogens is 2. The third-order valence-corrected chi connectivity index (χ3v) is 6.93. The van der Waals surface area contributed by atoms with E-state index in [-0.39, 0.29) is 23.3 Å². The number of carbonyl (C=O) groups excluding carboxylic acids is 1. The van der Waals surface area contributed by atoms with Crippen molar-refractivity contribution in [2.45, 2.75) is 44.7 Å². The van der Waals surface area contributed by atoms with E-state index < -0.39 is 16.1 Å². The summed E-state index contributed by atoms with van der Waals surface area (Å²) in [4.78, 5) is 21.5. The lowest BCUT2D eigenvalue weighted by Crippen LogP contribution is -2.47. The predicted molar refractivity (Wildman–Crippen MR) is 122 cm³/mol. The molecule has 1 atom stereocenters. The molecule has 0 aliphatic rings. The lowest BCUT2D eigenvalue weighted by Gasteiger charge is -2.20. The molecular weight excluding hydrogens is 432 g/mol. The normalized spacial score (nSPS) is 12.6. The van der Waals surface area contributed by atoms with Crippen LogP contribution >= 0.6 is 11.3 Å². The molecule has 2 aromatic heterocycles. The van der Waals surface area contributed by atoms with Crippen LogP contribution in [0.5, 0.6) is 0 Å². The lowest BCUT2D eigenvalue weighted by atomic mass is 10.0. The summed E-state index contributed by atoms with van der Waals surface area (Å²) < 4.78 is 28.1. The number of nitrogens with one attached hydrogen (secondary N) is 2. The van der Waals surface area contributed by atoms with E-state index in [4.69, 9.17) is 0 Å². The van der Waals surface area contributed by atoms with Gasteiger partial charge in [0.05, 0.1) is 17.1 Å². The molecule has 1 aromatic carbocycles. The van der Waals surface area contributed by atoms with Crippen molar-refractivity contribution >= 4 is 27.3 Å². The molecule has 0 radical (unpaired) electrons. The molecule has 164 valence electrons. The lowest BCUT2D eigenvalue weighted by molar-refractivity contribution is -0.123. The largest absolute Gasteiger partial charge is 0.348 e. The summed E-state index contributed by atoms with van der Waals surface area (Å²) in [6, 6.07) is 9.41. The Labute approximate surface area is 187 Å². The van der Waals surface area contributed by atoms with E-state index in [2.05, 4.69) is 20.0 Å². The fourth-order valence-corrected chi connectivity index (χ4v) is 4.94. The summed E-state index contributed by atoms with van der Waals surface area (Å²) >= 11 is 1.44. The topological polar surface area (TPSA) is 101 Å². The van der Waals surface area contributed by atoms with E-state index in [0.717, 1.165) is 21.8 Å². The van der Waals surface area contributed by atoms with Gasteiger partial charge in [0.15, 0.2) is 0 Å². The van der Waals surface area contributed by atoms with E-state index in [9.17, 15) is 13.2 Å². The fourth-order valence-electron chi connectivity index (χ4n) is 2.99. The van der Waals surface area contributed by atoms with Gasteiger partial charge in [0, 0.05) is 23.3 Å². The average molecular weight is 459 g/mol. The Bertz CT molecular complexity index is 1110. The van der Waals surface area contributed by atoms with E-state index in [1.54, 1.807) is 24.5 Å². The predicted octanol–water partition coefficient (Wildman–Crippen LogP) is 3.52. The number of pyridine rings is 1. The smallest absolute Gasteiger partial charge is 0.241 e. The number of nitrogens with zero attached hydrogens (tertiary/aromatic N) is 2. The van der Waals surface area contributed by atoms with Gasteiger partial charge in [0.2, 0.25) is 15.9 Å². The maximum absolute atomic E-state index is 12.8. The molecule has 1 unspecified atom stereocenters. The van der Waals surface area contributed by atoms with Crippen molar-refractivity contribution in [1.82, 2.24) is 20.0 Å². The Hall–Kier alpha value is -2.62. The highest BCUT2D eigenvalue weighted by atomic mass is 32.2. The van der Waals surface area contributed by atoms with Gasteiger partial charge in [-0.05, 0) is 43.5 Å². The number of thiazole rings is 1. The summed E-state index contributed by atoms with van der Waals surface area (Å²) in [5.41, 5.74) is 2.73. The summed E-state index contributed by atoms with van der Waals surface area (Å²) in [6.45, 7) is 6.01. The van der Waals surface area contributed by atoms with Crippen LogP contribution in [0.3, 0.4) is 0 Å². The zero-order valence-corrected chi connectivity index (χ0v) is 19.3. The Balaban J connectivity index is 1.67. The molecule has 0 fully saturated rings. The average Bonchev–Trinajstić information content (AvgIpc) is 3.21. The van der Waals surface area contributed by atoms with Crippen molar-refractivity contribution in [2.24, 2.45) is 5.92 Å². The number of rotatable bonds is 9. The molecule has 7 nitrogen and oxygen atoms in total. The Kier molecular flexibility index (Phi) is 7.53. The van der Waals surface area contributed by atoms with Crippen LogP contribution in [-0.2, 0) is 21.4 Å². The van der Waals surface area contributed by atoms with Gasteiger partial charge in [-0.25, -0.2) is 13.4 Å². The summed E-state index contributed by atoms with van der Waals surface area (Å²) in [6.07, 6.45) is 3.79. The molecule has 2 N–H and O–H groups in total. The number of benzene rings is 1. The highest BCUT2D eigenvalue weighted by molar-refractivity contribution is 7.89. The van der Waals surface area contributed by atoms with Crippen LogP contribution in [0.15, 0.2) is 59.1 Å². The van der Waals surface area contributed by atoms with Crippen LogP contribution < -0.4 is 10.0 Å². The highest BCUT2D eigenvalue weighted by Crippen LogP contribution is 2.21. The molecule has 2 heterocycles. The van der Waals surface area contributed by atoms with Gasteiger partial charge in [-0.2, -0.15) is 4.72 Å². The summed E-state index contributed by atoms with van der Waals surface area (Å²) in [5, 5.41) is 5.48. The minimum atomic E-state index is -3.81. The van der Waals surface area contributed by atoms with E-state index in [1.807, 2.05) is 38.3 Å². The Morgan fingerprint density at radius 2 is 1.77 bits per heavy atom. The molecule has 9 heteroatoms. The summed E-state index contributed by atoms with van der Waals surface area (Å²) in [7, 11) is -3.81. The molecule has 0 saturated heterocycles. The molecule has 1 amide bonds.